The average molecular weight is 465 g/mol. The molecule has 5 nitrogen and oxygen atoms in total. The topological polar surface area (TPSA) is 67.4 Å². The van der Waals surface area contributed by atoms with Gasteiger partial charge in [-0.1, -0.05) is 59.6 Å². The maximum Gasteiger partial charge on any atom is 0.326 e. The highest BCUT2D eigenvalue weighted by Crippen LogP contribution is 2.35. The minimum atomic E-state index is -0.660. The van der Waals surface area contributed by atoms with Crippen LogP contribution in [0.15, 0.2) is 78.9 Å². The number of imide groups is 1. The molecule has 160 valence electrons. The number of urea groups is 1. The number of benzene rings is 4. The number of rotatable bonds is 4. The molecule has 0 spiro atoms. The van der Waals surface area contributed by atoms with Crippen molar-refractivity contribution in [2.24, 2.45) is 0 Å². The van der Waals surface area contributed by atoms with Gasteiger partial charge in [-0.15, -0.1) is 0 Å². The normalized spacial score (nSPS) is 10.6. The monoisotopic (exact) mass is 464 g/mol. The Morgan fingerprint density at radius 2 is 1.47 bits per heavy atom. The van der Waals surface area contributed by atoms with Crippen LogP contribution in [0.5, 0.6) is 11.5 Å². The van der Waals surface area contributed by atoms with Crippen LogP contribution in [0, 0.1) is 6.92 Å². The van der Waals surface area contributed by atoms with Gasteiger partial charge in [0.25, 0.3) is 5.91 Å². The van der Waals surface area contributed by atoms with Gasteiger partial charge in [0.1, 0.15) is 11.5 Å². The summed E-state index contributed by atoms with van der Waals surface area (Å²) < 4.78 is 6.12. The molecule has 4 aromatic rings. The molecule has 0 saturated carbocycles. The summed E-state index contributed by atoms with van der Waals surface area (Å²) in [7, 11) is 0. The fourth-order valence-electron chi connectivity index (χ4n) is 3.26. The minimum absolute atomic E-state index is 0.222. The Bertz CT molecular complexity index is 1340. The smallest absolute Gasteiger partial charge is 0.326 e. The highest BCUT2D eigenvalue weighted by atomic mass is 35.5. The molecule has 0 atom stereocenters. The van der Waals surface area contributed by atoms with Gasteiger partial charge in [-0.05, 0) is 55.0 Å². The molecular weight excluding hydrogens is 447 g/mol. The molecule has 0 unspecified atom stereocenters. The van der Waals surface area contributed by atoms with Gasteiger partial charge >= 0.3 is 6.03 Å². The zero-order valence-electron chi connectivity index (χ0n) is 17.0. The Balaban J connectivity index is 1.47. The number of amides is 3. The van der Waals surface area contributed by atoms with Gasteiger partial charge in [-0.2, -0.15) is 0 Å². The molecule has 4 rings (SSSR count). The molecule has 3 amide bonds. The van der Waals surface area contributed by atoms with Gasteiger partial charge in [-0.3, -0.25) is 10.1 Å². The van der Waals surface area contributed by atoms with Crippen molar-refractivity contribution in [2.75, 3.05) is 5.32 Å². The molecular formula is C25H18Cl2N2O3. The predicted molar refractivity (Wildman–Crippen MR) is 128 cm³/mol. The lowest BCUT2D eigenvalue weighted by atomic mass is 10.1. The molecule has 0 aliphatic rings. The van der Waals surface area contributed by atoms with E-state index in [9.17, 15) is 9.59 Å². The number of aryl methyl sites for hydroxylation is 1. The molecule has 0 aliphatic carbocycles. The molecule has 2 N–H and O–H groups in total. The molecule has 0 bridgehead atoms. The highest BCUT2D eigenvalue weighted by Gasteiger charge is 2.14. The van der Waals surface area contributed by atoms with Crippen molar-refractivity contribution in [3.63, 3.8) is 0 Å². The van der Waals surface area contributed by atoms with Gasteiger partial charge in [0.2, 0.25) is 0 Å². The lowest BCUT2D eigenvalue weighted by molar-refractivity contribution is 0.0967. The van der Waals surface area contributed by atoms with Crippen LogP contribution in [0.2, 0.25) is 10.0 Å². The number of hydrogen-bond acceptors (Lipinski definition) is 3. The van der Waals surface area contributed by atoms with E-state index in [-0.39, 0.29) is 10.6 Å². The van der Waals surface area contributed by atoms with E-state index in [1.165, 1.54) is 0 Å². The SMILES string of the molecule is Cc1cc(NC(=O)NC(=O)c2ccccc2Cl)ccc1Oc1ccc(Cl)c2ccccc12. The molecule has 7 heteroatoms. The van der Waals surface area contributed by atoms with Crippen molar-refractivity contribution in [3.05, 3.63) is 100 Å². The first-order chi connectivity index (χ1) is 15.4. The molecule has 0 fully saturated rings. The van der Waals surface area contributed by atoms with Crippen LogP contribution >= 0.6 is 23.2 Å². The number of carbonyl (C=O) groups is 2. The number of fused-ring (bicyclic) bond motifs is 1. The Morgan fingerprint density at radius 1 is 0.781 bits per heavy atom. The number of carbonyl (C=O) groups excluding carboxylic acids is 2. The first-order valence-corrected chi connectivity index (χ1v) is 10.5. The van der Waals surface area contributed by atoms with Crippen molar-refractivity contribution < 1.29 is 14.3 Å². The van der Waals surface area contributed by atoms with Gasteiger partial charge in [0.05, 0.1) is 10.6 Å². The highest BCUT2D eigenvalue weighted by molar-refractivity contribution is 6.35. The van der Waals surface area contributed by atoms with Gasteiger partial charge < -0.3 is 10.1 Å². The first kappa shape index (κ1) is 21.7. The van der Waals surface area contributed by atoms with E-state index < -0.39 is 11.9 Å². The summed E-state index contributed by atoms with van der Waals surface area (Å²) in [5.41, 5.74) is 1.54. The number of nitrogens with one attached hydrogen (secondary N) is 2. The van der Waals surface area contributed by atoms with E-state index in [1.54, 1.807) is 48.5 Å². The Labute approximate surface area is 194 Å². The molecule has 0 saturated heterocycles. The molecule has 0 radical (unpaired) electrons. The van der Waals surface area contributed by atoms with Gasteiger partial charge in [0, 0.05) is 21.5 Å². The van der Waals surface area contributed by atoms with E-state index in [4.69, 9.17) is 27.9 Å². The van der Waals surface area contributed by atoms with E-state index in [0.717, 1.165) is 16.3 Å². The minimum Gasteiger partial charge on any atom is -0.456 e. The second-order valence-corrected chi connectivity index (χ2v) is 7.88. The lowest BCUT2D eigenvalue weighted by Crippen LogP contribution is -2.34. The number of anilines is 1. The van der Waals surface area contributed by atoms with E-state index in [1.807, 2.05) is 37.3 Å². The van der Waals surface area contributed by atoms with E-state index in [2.05, 4.69) is 10.6 Å². The summed E-state index contributed by atoms with van der Waals surface area (Å²) >= 11 is 12.3. The lowest BCUT2D eigenvalue weighted by Gasteiger charge is -2.13. The maximum absolute atomic E-state index is 12.2. The van der Waals surface area contributed by atoms with Crippen LogP contribution < -0.4 is 15.4 Å². The fraction of sp³-hybridized carbons (Fsp3) is 0.0400. The standard InChI is InChI=1S/C25H18Cl2N2O3/c1-15-14-16(28-25(31)29-24(30)19-8-4-5-9-20(19)26)10-12-22(15)32-23-13-11-21(27)17-6-2-3-7-18(17)23/h2-14H,1H3,(H2,28,29,30,31). The van der Waals surface area contributed by atoms with Crippen molar-refractivity contribution in [2.45, 2.75) is 6.92 Å². The summed E-state index contributed by atoms with van der Waals surface area (Å²) in [5, 5.41) is 7.64. The molecule has 0 heterocycles. The molecule has 0 aromatic heterocycles. The molecule has 0 aliphatic heterocycles. The summed E-state index contributed by atoms with van der Waals surface area (Å²) in [6.45, 7) is 1.87. The number of ether oxygens (including phenoxy) is 1. The Kier molecular flexibility index (Phi) is 6.30. The zero-order chi connectivity index (χ0) is 22.7. The fourth-order valence-corrected chi connectivity index (χ4v) is 3.71. The third-order valence-corrected chi connectivity index (χ3v) is 5.49. The summed E-state index contributed by atoms with van der Waals surface area (Å²) in [5.74, 6) is 0.729. The maximum atomic E-state index is 12.2. The van der Waals surface area contributed by atoms with Crippen LogP contribution in [-0.4, -0.2) is 11.9 Å². The van der Waals surface area contributed by atoms with Gasteiger partial charge in [0.15, 0.2) is 0 Å². The van der Waals surface area contributed by atoms with Crippen LogP contribution in [0.4, 0.5) is 10.5 Å². The average Bonchev–Trinajstić information content (AvgIpc) is 2.77. The zero-order valence-corrected chi connectivity index (χ0v) is 18.5. The summed E-state index contributed by atoms with van der Waals surface area (Å²) in [6.07, 6.45) is 0. The van der Waals surface area contributed by atoms with E-state index in [0.29, 0.717) is 22.2 Å². The predicted octanol–water partition coefficient (Wildman–Crippen LogP) is 7.21. The third-order valence-electron chi connectivity index (χ3n) is 4.83. The second-order valence-electron chi connectivity index (χ2n) is 7.06. The summed E-state index contributed by atoms with van der Waals surface area (Å²) in [4.78, 5) is 24.5. The van der Waals surface area contributed by atoms with Crippen LogP contribution in [0.3, 0.4) is 0 Å². The van der Waals surface area contributed by atoms with Crippen molar-refractivity contribution >= 4 is 51.6 Å². The van der Waals surface area contributed by atoms with Crippen LogP contribution in [0.1, 0.15) is 15.9 Å². The Morgan fingerprint density at radius 3 is 2.22 bits per heavy atom. The van der Waals surface area contributed by atoms with Gasteiger partial charge in [-0.25, -0.2) is 4.79 Å². The second kappa shape index (κ2) is 9.30. The summed E-state index contributed by atoms with van der Waals surface area (Å²) in [6, 6.07) is 22.4. The molecule has 4 aromatic carbocycles. The van der Waals surface area contributed by atoms with Crippen molar-refractivity contribution in [1.29, 1.82) is 0 Å². The molecule has 32 heavy (non-hydrogen) atoms. The Hall–Kier alpha value is -3.54. The number of halogens is 2. The van der Waals surface area contributed by atoms with Crippen molar-refractivity contribution in [3.8, 4) is 11.5 Å². The number of hydrogen-bond donors (Lipinski definition) is 2. The first-order valence-electron chi connectivity index (χ1n) is 9.75. The quantitative estimate of drug-likeness (QED) is 0.335. The largest absolute Gasteiger partial charge is 0.456 e. The van der Waals surface area contributed by atoms with Crippen LogP contribution in [0.25, 0.3) is 10.8 Å². The van der Waals surface area contributed by atoms with Crippen molar-refractivity contribution in [1.82, 2.24) is 5.32 Å². The van der Waals surface area contributed by atoms with E-state index >= 15 is 0 Å². The third kappa shape index (κ3) is 4.69. The van der Waals surface area contributed by atoms with Crippen LogP contribution in [-0.2, 0) is 0 Å².